The molecule has 0 saturated carbocycles. The molecule has 1 aromatic carbocycles. The zero-order chi connectivity index (χ0) is 26.4. The van der Waals surface area contributed by atoms with Crippen molar-refractivity contribution in [3.05, 3.63) is 82.9 Å². The van der Waals surface area contributed by atoms with Gasteiger partial charge in [-0.15, -0.1) is 0 Å². The number of halogens is 2. The predicted octanol–water partition coefficient (Wildman–Crippen LogP) is 6.78. The number of rotatable bonds is 10. The van der Waals surface area contributed by atoms with Crippen LogP contribution in [0.25, 0.3) is 0 Å². The van der Waals surface area contributed by atoms with Gasteiger partial charge in [0.15, 0.2) is 5.78 Å². The topological polar surface area (TPSA) is 67.3 Å². The number of ether oxygens (including phenoxy) is 1. The Labute approximate surface area is 212 Å². The summed E-state index contributed by atoms with van der Waals surface area (Å²) in [7, 11) is 0. The summed E-state index contributed by atoms with van der Waals surface area (Å²) in [5.41, 5.74) is 3.41. The molecule has 0 bridgehead atoms. The lowest BCUT2D eigenvalue weighted by molar-refractivity contribution is -0.120. The molecule has 1 aliphatic heterocycles. The van der Waals surface area contributed by atoms with Gasteiger partial charge in [0.2, 0.25) is 5.95 Å². The van der Waals surface area contributed by atoms with E-state index in [9.17, 15) is 13.6 Å². The number of carbonyl (C=O) groups excluding carboxylic acids is 1. The molecule has 1 aliphatic rings. The molecule has 0 fully saturated rings. The molecule has 0 spiro atoms. The van der Waals surface area contributed by atoms with Crippen LogP contribution >= 0.6 is 0 Å². The lowest BCUT2D eigenvalue weighted by Gasteiger charge is -2.26. The number of carbonyl (C=O) groups is 1. The largest absolute Gasteiger partial charge is 0.493 e. The highest BCUT2D eigenvalue weighted by molar-refractivity contribution is 6.04. The number of nitrogens with zero attached hydrogens (tertiary/aromatic N) is 2. The van der Waals surface area contributed by atoms with E-state index in [1.807, 2.05) is 20.8 Å². The minimum Gasteiger partial charge on any atom is -0.493 e. The Hall–Kier alpha value is -3.35. The SMILES string of the molecule is C=C(C(=C\N=C(c1cn[nH]c1F)C(C)CC)/C(=C\C)C(=O)C1COc2ccc(F)cc2C1)C(C)CC. The second-order valence-corrected chi connectivity index (χ2v) is 9.33. The molecule has 36 heavy (non-hydrogen) atoms. The second-order valence-electron chi connectivity index (χ2n) is 9.33. The first-order valence-electron chi connectivity index (χ1n) is 12.5. The van der Waals surface area contributed by atoms with Crippen LogP contribution in [0.15, 0.2) is 65.0 Å². The maximum Gasteiger partial charge on any atom is 0.218 e. The monoisotopic (exact) mass is 495 g/mol. The number of hydrogen-bond acceptors (Lipinski definition) is 4. The normalized spacial score (nSPS) is 18.3. The molecular formula is C29H35F2N3O2. The fourth-order valence-corrected chi connectivity index (χ4v) is 4.26. The molecule has 2 aromatic rings. The molecule has 0 saturated heterocycles. The highest BCUT2D eigenvalue weighted by Gasteiger charge is 2.30. The number of allylic oxidation sites excluding steroid dienone is 4. The Morgan fingerprint density at radius 1 is 1.25 bits per heavy atom. The summed E-state index contributed by atoms with van der Waals surface area (Å²) in [6, 6.07) is 4.37. The average molecular weight is 496 g/mol. The fraction of sp³-hybridized carbons (Fsp3) is 0.414. The van der Waals surface area contributed by atoms with E-state index in [1.165, 1.54) is 18.3 Å². The van der Waals surface area contributed by atoms with Crippen molar-refractivity contribution in [2.45, 2.75) is 53.9 Å². The third-order valence-corrected chi connectivity index (χ3v) is 6.98. The van der Waals surface area contributed by atoms with E-state index in [0.29, 0.717) is 40.2 Å². The van der Waals surface area contributed by atoms with Crippen LogP contribution in [-0.2, 0) is 11.2 Å². The minimum absolute atomic E-state index is 0.0330. The van der Waals surface area contributed by atoms with Crippen LogP contribution < -0.4 is 4.74 Å². The van der Waals surface area contributed by atoms with Gasteiger partial charge in [0.05, 0.1) is 30.0 Å². The summed E-state index contributed by atoms with van der Waals surface area (Å²) < 4.78 is 34.0. The summed E-state index contributed by atoms with van der Waals surface area (Å²) in [6.07, 6.45) is 6.79. The zero-order valence-corrected chi connectivity index (χ0v) is 21.7. The number of aromatic nitrogens is 2. The zero-order valence-electron chi connectivity index (χ0n) is 21.7. The van der Waals surface area contributed by atoms with E-state index in [0.717, 1.165) is 18.4 Å². The van der Waals surface area contributed by atoms with Crippen molar-refractivity contribution in [1.29, 1.82) is 0 Å². The summed E-state index contributed by atoms with van der Waals surface area (Å²) in [5.74, 6) is -0.815. The molecule has 0 radical (unpaired) electrons. The number of benzene rings is 1. The van der Waals surface area contributed by atoms with Gasteiger partial charge in [0.25, 0.3) is 0 Å². The van der Waals surface area contributed by atoms with Gasteiger partial charge < -0.3 is 4.74 Å². The number of nitrogens with one attached hydrogen (secondary N) is 1. The Kier molecular flexibility index (Phi) is 9.13. The van der Waals surface area contributed by atoms with Crippen LogP contribution in [0.5, 0.6) is 5.75 Å². The molecule has 3 rings (SSSR count). The first-order valence-corrected chi connectivity index (χ1v) is 12.5. The number of aliphatic imine (C=N–C) groups is 1. The molecule has 3 atom stereocenters. The van der Waals surface area contributed by atoms with Gasteiger partial charge in [0, 0.05) is 17.3 Å². The Bertz CT molecular complexity index is 1210. The van der Waals surface area contributed by atoms with Crippen LogP contribution in [0, 0.1) is 29.5 Å². The lowest BCUT2D eigenvalue weighted by atomic mass is 9.82. The molecule has 3 unspecified atom stereocenters. The Morgan fingerprint density at radius 2 is 1.97 bits per heavy atom. The number of Topliss-reactive ketones (excluding diaryl/α,β-unsaturated/α-hetero) is 1. The molecule has 0 aliphatic carbocycles. The van der Waals surface area contributed by atoms with Gasteiger partial charge >= 0.3 is 0 Å². The molecule has 192 valence electrons. The van der Waals surface area contributed by atoms with Crippen molar-refractivity contribution < 1.29 is 18.3 Å². The molecular weight excluding hydrogens is 460 g/mol. The van der Waals surface area contributed by atoms with E-state index in [4.69, 9.17) is 9.73 Å². The standard InChI is InChI=1S/C29H35F2N3O2/c1-7-17(4)19(6)24(14-32-27(18(5)8-2)25-15-33-34-29(25)31)23(9-3)28(35)21-12-20-13-22(30)10-11-26(20)36-16-21/h9-11,13-15,17-18,21H,6-8,12,16H2,1-5H3,(H,33,34)/b23-9+,24-14+,32-27?. The van der Waals surface area contributed by atoms with Gasteiger partial charge in [-0.05, 0) is 67.4 Å². The van der Waals surface area contributed by atoms with Crippen molar-refractivity contribution in [2.75, 3.05) is 6.61 Å². The fourth-order valence-electron chi connectivity index (χ4n) is 4.26. The van der Waals surface area contributed by atoms with Gasteiger partial charge in [-0.3, -0.25) is 14.9 Å². The van der Waals surface area contributed by atoms with Gasteiger partial charge in [-0.2, -0.15) is 9.49 Å². The van der Waals surface area contributed by atoms with E-state index >= 15 is 0 Å². The number of ketones is 1. The Balaban J connectivity index is 2.03. The molecule has 5 nitrogen and oxygen atoms in total. The summed E-state index contributed by atoms with van der Waals surface area (Å²) in [6.45, 7) is 14.4. The van der Waals surface area contributed by atoms with Crippen molar-refractivity contribution in [1.82, 2.24) is 10.2 Å². The van der Waals surface area contributed by atoms with Crippen LogP contribution in [0.4, 0.5) is 8.78 Å². The number of H-pyrrole nitrogens is 1. The number of fused-ring (bicyclic) bond motifs is 1. The van der Waals surface area contributed by atoms with Crippen molar-refractivity contribution in [3.63, 3.8) is 0 Å². The van der Waals surface area contributed by atoms with Crippen LogP contribution in [-0.4, -0.2) is 28.3 Å². The van der Waals surface area contributed by atoms with E-state index in [1.54, 1.807) is 25.3 Å². The first-order chi connectivity index (χ1) is 17.2. The second kappa shape index (κ2) is 12.1. The summed E-state index contributed by atoms with van der Waals surface area (Å²) >= 11 is 0. The van der Waals surface area contributed by atoms with E-state index in [-0.39, 0.29) is 30.0 Å². The number of aromatic amines is 1. The van der Waals surface area contributed by atoms with Crippen molar-refractivity contribution >= 4 is 11.5 Å². The molecule has 7 heteroatoms. The minimum atomic E-state index is -0.544. The highest BCUT2D eigenvalue weighted by Crippen LogP contribution is 2.33. The summed E-state index contributed by atoms with van der Waals surface area (Å²) in [4.78, 5) is 18.5. The van der Waals surface area contributed by atoms with Crippen molar-refractivity contribution in [3.8, 4) is 5.75 Å². The van der Waals surface area contributed by atoms with Crippen LogP contribution in [0.1, 0.15) is 58.6 Å². The first kappa shape index (κ1) is 27.2. The third-order valence-electron chi connectivity index (χ3n) is 6.98. The highest BCUT2D eigenvalue weighted by atomic mass is 19.1. The smallest absolute Gasteiger partial charge is 0.218 e. The van der Waals surface area contributed by atoms with Gasteiger partial charge in [0.1, 0.15) is 11.6 Å². The van der Waals surface area contributed by atoms with E-state index in [2.05, 4.69) is 23.7 Å². The molecule has 0 amide bonds. The lowest BCUT2D eigenvalue weighted by Crippen LogP contribution is -2.30. The van der Waals surface area contributed by atoms with Crippen molar-refractivity contribution in [2.24, 2.45) is 22.7 Å². The average Bonchev–Trinajstić information content (AvgIpc) is 3.31. The maximum atomic E-state index is 14.4. The molecule has 1 N–H and O–H groups in total. The predicted molar refractivity (Wildman–Crippen MR) is 139 cm³/mol. The van der Waals surface area contributed by atoms with Crippen LogP contribution in [0.3, 0.4) is 0 Å². The quantitative estimate of drug-likeness (QED) is 0.225. The maximum absolute atomic E-state index is 14.4. The van der Waals surface area contributed by atoms with Crippen LogP contribution in [0.2, 0.25) is 0 Å². The summed E-state index contributed by atoms with van der Waals surface area (Å²) in [5, 5.41) is 6.13. The van der Waals surface area contributed by atoms with Gasteiger partial charge in [-0.1, -0.05) is 40.3 Å². The molecule has 1 aromatic heterocycles. The van der Waals surface area contributed by atoms with E-state index < -0.39 is 11.9 Å². The Morgan fingerprint density at radius 3 is 2.58 bits per heavy atom. The molecule has 2 heterocycles. The third kappa shape index (κ3) is 5.89. The van der Waals surface area contributed by atoms with Gasteiger partial charge in [-0.25, -0.2) is 4.39 Å². The number of hydrogen-bond donors (Lipinski definition) is 1.